The van der Waals surface area contributed by atoms with Crippen molar-refractivity contribution in [1.29, 1.82) is 0 Å². The predicted octanol–water partition coefficient (Wildman–Crippen LogP) is 1.64. The first-order valence-corrected chi connectivity index (χ1v) is 9.85. The minimum absolute atomic E-state index is 0.0534. The number of carbonyl (C=O) groups is 1. The molecule has 2 saturated heterocycles. The van der Waals surface area contributed by atoms with E-state index in [2.05, 4.69) is 15.6 Å². The van der Waals surface area contributed by atoms with Crippen molar-refractivity contribution in [2.75, 3.05) is 39.3 Å². The van der Waals surface area contributed by atoms with Crippen LogP contribution in [-0.2, 0) is 16.1 Å². The van der Waals surface area contributed by atoms with Crippen LogP contribution < -0.4 is 5.32 Å². The molecule has 7 heteroatoms. The third-order valence-electron chi connectivity index (χ3n) is 4.76. The minimum Gasteiger partial charge on any atom is -0.372 e. The summed E-state index contributed by atoms with van der Waals surface area (Å²) < 4.78 is 5.60. The van der Waals surface area contributed by atoms with Crippen molar-refractivity contribution in [2.24, 2.45) is 0 Å². The van der Waals surface area contributed by atoms with Gasteiger partial charge in [0, 0.05) is 44.7 Å². The molecule has 1 aromatic heterocycles. The maximum Gasteiger partial charge on any atom is 0.239 e. The van der Waals surface area contributed by atoms with Gasteiger partial charge in [-0.05, 0) is 33.2 Å². The van der Waals surface area contributed by atoms with Gasteiger partial charge in [0.05, 0.1) is 11.7 Å². The molecule has 0 radical (unpaired) electrons. The lowest BCUT2D eigenvalue weighted by Crippen LogP contribution is -2.52. The number of carbonyl (C=O) groups excluding carboxylic acids is 1. The molecule has 1 amide bonds. The SMILES string of the molecule is CCOC(C)c1nc(CN2CCN(C(=O)[C@@H]3CCCN3)CC2)cs1. The van der Waals surface area contributed by atoms with E-state index in [0.717, 1.165) is 62.8 Å². The lowest BCUT2D eigenvalue weighted by Gasteiger charge is -2.35. The van der Waals surface area contributed by atoms with Crippen molar-refractivity contribution in [3.05, 3.63) is 16.1 Å². The topological polar surface area (TPSA) is 57.7 Å². The first-order valence-electron chi connectivity index (χ1n) is 8.97. The van der Waals surface area contributed by atoms with Gasteiger partial charge in [-0.2, -0.15) is 0 Å². The summed E-state index contributed by atoms with van der Waals surface area (Å²) in [5, 5.41) is 6.48. The van der Waals surface area contributed by atoms with Crippen molar-refractivity contribution in [3.8, 4) is 0 Å². The second kappa shape index (κ2) is 8.38. The summed E-state index contributed by atoms with van der Waals surface area (Å²) in [5.74, 6) is 0.286. The third-order valence-corrected chi connectivity index (χ3v) is 5.82. The van der Waals surface area contributed by atoms with Crippen molar-refractivity contribution < 1.29 is 9.53 Å². The van der Waals surface area contributed by atoms with Crippen molar-refractivity contribution in [3.63, 3.8) is 0 Å². The summed E-state index contributed by atoms with van der Waals surface area (Å²) >= 11 is 1.67. The number of nitrogens with one attached hydrogen (secondary N) is 1. The molecule has 0 aromatic carbocycles. The third kappa shape index (κ3) is 4.33. The molecule has 2 aliphatic heterocycles. The molecule has 6 nitrogen and oxygen atoms in total. The number of rotatable bonds is 6. The first kappa shape index (κ1) is 17.8. The first-order chi connectivity index (χ1) is 11.7. The Kier molecular flexibility index (Phi) is 6.21. The molecule has 0 saturated carbocycles. The van der Waals surface area contributed by atoms with Gasteiger partial charge in [0.15, 0.2) is 0 Å². The van der Waals surface area contributed by atoms with Crippen LogP contribution in [0, 0.1) is 0 Å². The van der Waals surface area contributed by atoms with Crippen LogP contribution in [0.25, 0.3) is 0 Å². The molecule has 24 heavy (non-hydrogen) atoms. The maximum atomic E-state index is 12.4. The summed E-state index contributed by atoms with van der Waals surface area (Å²) in [6, 6.07) is 0.0534. The van der Waals surface area contributed by atoms with Crippen LogP contribution in [-0.4, -0.2) is 66.1 Å². The molecule has 0 aliphatic carbocycles. The zero-order valence-corrected chi connectivity index (χ0v) is 15.5. The van der Waals surface area contributed by atoms with E-state index >= 15 is 0 Å². The summed E-state index contributed by atoms with van der Waals surface area (Å²) in [7, 11) is 0. The van der Waals surface area contributed by atoms with Crippen LogP contribution >= 0.6 is 11.3 Å². The summed E-state index contributed by atoms with van der Waals surface area (Å²) in [5.41, 5.74) is 1.11. The van der Waals surface area contributed by atoms with Gasteiger partial charge in [0.25, 0.3) is 0 Å². The number of ether oxygens (including phenoxy) is 1. The Labute approximate surface area is 148 Å². The van der Waals surface area contributed by atoms with E-state index in [1.54, 1.807) is 11.3 Å². The molecule has 2 atom stereocenters. The maximum absolute atomic E-state index is 12.4. The van der Waals surface area contributed by atoms with E-state index in [1.165, 1.54) is 0 Å². The van der Waals surface area contributed by atoms with Crippen molar-refractivity contribution >= 4 is 17.2 Å². The standard InChI is InChI=1S/C17H28N4O2S/c1-3-23-13(2)16-19-14(12-24-16)11-20-7-9-21(10-8-20)17(22)15-5-4-6-18-15/h12-13,15,18H,3-11H2,1-2H3/t13?,15-/m0/s1. The lowest BCUT2D eigenvalue weighted by atomic mass is 10.2. The Morgan fingerprint density at radius 3 is 2.92 bits per heavy atom. The molecule has 0 spiro atoms. The van der Waals surface area contributed by atoms with Crippen molar-refractivity contribution in [1.82, 2.24) is 20.1 Å². The molecule has 0 bridgehead atoms. The van der Waals surface area contributed by atoms with E-state index < -0.39 is 0 Å². The average molecular weight is 353 g/mol. The smallest absolute Gasteiger partial charge is 0.239 e. The molecule has 1 N–H and O–H groups in total. The van der Waals surface area contributed by atoms with Gasteiger partial charge >= 0.3 is 0 Å². The highest BCUT2D eigenvalue weighted by atomic mass is 32.1. The highest BCUT2D eigenvalue weighted by Gasteiger charge is 2.29. The Hall–Kier alpha value is -1.02. The number of aromatic nitrogens is 1. The van der Waals surface area contributed by atoms with Gasteiger partial charge in [-0.15, -0.1) is 11.3 Å². The molecule has 2 fully saturated rings. The molecule has 3 rings (SSSR count). The fraction of sp³-hybridized carbons (Fsp3) is 0.765. The van der Waals surface area contributed by atoms with Crippen LogP contribution in [0.1, 0.15) is 43.5 Å². The number of piperazine rings is 1. The van der Waals surface area contributed by atoms with E-state index in [9.17, 15) is 4.79 Å². The molecule has 3 heterocycles. The Morgan fingerprint density at radius 2 is 2.25 bits per heavy atom. The van der Waals surface area contributed by atoms with E-state index in [4.69, 9.17) is 9.72 Å². The zero-order chi connectivity index (χ0) is 16.9. The highest BCUT2D eigenvalue weighted by molar-refractivity contribution is 7.09. The Balaban J connectivity index is 1.46. The van der Waals surface area contributed by atoms with Crippen molar-refractivity contribution in [2.45, 2.75) is 45.4 Å². The number of nitrogens with zero attached hydrogens (tertiary/aromatic N) is 3. The van der Waals surface area contributed by atoms with Gasteiger partial charge in [-0.25, -0.2) is 4.98 Å². The molecular weight excluding hydrogens is 324 g/mol. The fourth-order valence-corrected chi connectivity index (χ4v) is 4.19. The number of hydrogen-bond donors (Lipinski definition) is 1. The number of thiazole rings is 1. The molecule has 1 unspecified atom stereocenters. The fourth-order valence-electron chi connectivity index (χ4n) is 3.37. The summed E-state index contributed by atoms with van der Waals surface area (Å²) in [6.07, 6.45) is 2.17. The van der Waals surface area contributed by atoms with Crippen LogP contribution in [0.3, 0.4) is 0 Å². The quantitative estimate of drug-likeness (QED) is 0.843. The molecule has 1 aromatic rings. The normalized spacial score (nSPS) is 23.6. The van der Waals surface area contributed by atoms with Gasteiger partial charge in [0.1, 0.15) is 11.1 Å². The van der Waals surface area contributed by atoms with Crippen LogP contribution in [0.2, 0.25) is 0 Å². The number of amides is 1. The molecule has 2 aliphatic rings. The second-order valence-corrected chi connectivity index (χ2v) is 7.41. The second-order valence-electron chi connectivity index (χ2n) is 6.53. The Morgan fingerprint density at radius 1 is 1.46 bits per heavy atom. The predicted molar refractivity (Wildman–Crippen MR) is 95.0 cm³/mol. The van der Waals surface area contributed by atoms with Crippen LogP contribution in [0.4, 0.5) is 0 Å². The number of hydrogen-bond acceptors (Lipinski definition) is 6. The van der Waals surface area contributed by atoms with E-state index in [-0.39, 0.29) is 18.1 Å². The van der Waals surface area contributed by atoms with Gasteiger partial charge in [-0.1, -0.05) is 0 Å². The highest BCUT2D eigenvalue weighted by Crippen LogP contribution is 2.22. The minimum atomic E-state index is 0.0534. The van der Waals surface area contributed by atoms with Gasteiger partial charge in [-0.3, -0.25) is 9.69 Å². The molecular formula is C17H28N4O2S. The average Bonchev–Trinajstić information content (AvgIpc) is 3.27. The van der Waals surface area contributed by atoms with E-state index in [1.807, 2.05) is 18.7 Å². The van der Waals surface area contributed by atoms with E-state index in [0.29, 0.717) is 6.61 Å². The zero-order valence-electron chi connectivity index (χ0n) is 14.7. The summed E-state index contributed by atoms with van der Waals surface area (Å²) in [4.78, 5) is 21.5. The lowest BCUT2D eigenvalue weighted by molar-refractivity contribution is -0.134. The Bertz CT molecular complexity index is 536. The van der Waals surface area contributed by atoms with Gasteiger partial charge < -0.3 is 15.0 Å². The molecule has 134 valence electrons. The van der Waals surface area contributed by atoms with Crippen LogP contribution in [0.5, 0.6) is 0 Å². The van der Waals surface area contributed by atoms with Crippen LogP contribution in [0.15, 0.2) is 5.38 Å². The van der Waals surface area contributed by atoms with Gasteiger partial charge in [0.2, 0.25) is 5.91 Å². The monoisotopic (exact) mass is 352 g/mol. The largest absolute Gasteiger partial charge is 0.372 e. The summed E-state index contributed by atoms with van der Waals surface area (Å²) in [6.45, 7) is 10.1.